The average molecular weight is 240 g/mol. The van der Waals surface area contributed by atoms with Crippen molar-refractivity contribution in [1.29, 1.82) is 0 Å². The molecule has 4 heteroatoms. The van der Waals surface area contributed by atoms with Crippen LogP contribution in [0, 0.1) is 5.92 Å². The van der Waals surface area contributed by atoms with Crippen LogP contribution in [-0.2, 0) is 4.79 Å². The molecular weight excluding hydrogens is 226 g/mol. The number of carboxylic acid groups (broad SMARTS) is 1. The molecule has 17 heavy (non-hydrogen) atoms. The predicted molar refractivity (Wildman–Crippen MR) is 59.1 cm³/mol. The standard InChI is InChI=1S/C13H14F2O2/c14-13(15)7-6-10(12(16)17)11(8-13)9-4-2-1-3-5-9/h1-5,10-11H,6-8H2,(H,16,17)/t10-,11+/m1/s1. The lowest BCUT2D eigenvalue weighted by Crippen LogP contribution is -2.35. The van der Waals surface area contributed by atoms with Gasteiger partial charge >= 0.3 is 5.97 Å². The van der Waals surface area contributed by atoms with Crippen LogP contribution in [0.4, 0.5) is 8.78 Å². The lowest BCUT2D eigenvalue weighted by atomic mass is 9.74. The molecule has 2 atom stereocenters. The molecule has 0 aliphatic heterocycles. The van der Waals surface area contributed by atoms with Gasteiger partial charge in [-0.15, -0.1) is 0 Å². The number of halogens is 2. The topological polar surface area (TPSA) is 37.3 Å². The van der Waals surface area contributed by atoms with Crippen LogP contribution in [0.1, 0.15) is 30.7 Å². The Hall–Kier alpha value is -1.45. The second-order valence-corrected chi connectivity index (χ2v) is 4.56. The Balaban J connectivity index is 2.29. The third-order valence-corrected chi connectivity index (χ3v) is 3.37. The van der Waals surface area contributed by atoms with Gasteiger partial charge in [-0.05, 0) is 12.0 Å². The summed E-state index contributed by atoms with van der Waals surface area (Å²) in [4.78, 5) is 11.1. The zero-order chi connectivity index (χ0) is 12.5. The average Bonchev–Trinajstić information content (AvgIpc) is 2.28. The summed E-state index contributed by atoms with van der Waals surface area (Å²) in [6, 6.07) is 8.74. The maximum absolute atomic E-state index is 13.4. The molecule has 0 bridgehead atoms. The summed E-state index contributed by atoms with van der Waals surface area (Å²) >= 11 is 0. The highest BCUT2D eigenvalue weighted by Gasteiger charge is 2.44. The zero-order valence-corrected chi connectivity index (χ0v) is 9.27. The van der Waals surface area contributed by atoms with Gasteiger partial charge in [0.1, 0.15) is 0 Å². The van der Waals surface area contributed by atoms with Crippen LogP contribution in [0.25, 0.3) is 0 Å². The van der Waals surface area contributed by atoms with E-state index in [0.717, 1.165) is 0 Å². The summed E-state index contributed by atoms with van der Waals surface area (Å²) < 4.78 is 26.8. The van der Waals surface area contributed by atoms with Crippen molar-refractivity contribution >= 4 is 5.97 Å². The molecule has 0 saturated heterocycles. The first-order chi connectivity index (χ1) is 7.99. The molecule has 0 heterocycles. The van der Waals surface area contributed by atoms with Crippen LogP contribution >= 0.6 is 0 Å². The molecule has 2 rings (SSSR count). The number of aliphatic carboxylic acids is 1. The molecule has 0 spiro atoms. The summed E-state index contributed by atoms with van der Waals surface area (Å²) in [5.41, 5.74) is 0.694. The summed E-state index contributed by atoms with van der Waals surface area (Å²) in [6.45, 7) is 0. The van der Waals surface area contributed by atoms with Crippen LogP contribution in [0.15, 0.2) is 30.3 Å². The Morgan fingerprint density at radius 3 is 2.53 bits per heavy atom. The van der Waals surface area contributed by atoms with Crippen molar-refractivity contribution in [2.45, 2.75) is 31.1 Å². The van der Waals surface area contributed by atoms with Gasteiger partial charge in [0.2, 0.25) is 5.92 Å². The Bertz CT molecular complexity index is 403. The second kappa shape index (κ2) is 4.43. The molecule has 1 fully saturated rings. The first-order valence-electron chi connectivity index (χ1n) is 5.65. The van der Waals surface area contributed by atoms with Crippen LogP contribution in [0.2, 0.25) is 0 Å². The van der Waals surface area contributed by atoms with Crippen molar-refractivity contribution in [1.82, 2.24) is 0 Å². The molecule has 0 aromatic heterocycles. The van der Waals surface area contributed by atoms with Crippen molar-refractivity contribution in [2.75, 3.05) is 0 Å². The summed E-state index contributed by atoms with van der Waals surface area (Å²) in [6.07, 6.45) is -0.650. The number of alkyl halides is 2. The summed E-state index contributed by atoms with van der Waals surface area (Å²) in [5.74, 6) is -5.00. The highest BCUT2D eigenvalue weighted by Crippen LogP contribution is 2.45. The lowest BCUT2D eigenvalue weighted by molar-refractivity contribution is -0.147. The van der Waals surface area contributed by atoms with Crippen LogP contribution < -0.4 is 0 Å². The van der Waals surface area contributed by atoms with Crippen molar-refractivity contribution in [3.8, 4) is 0 Å². The van der Waals surface area contributed by atoms with Crippen molar-refractivity contribution in [3.63, 3.8) is 0 Å². The van der Waals surface area contributed by atoms with Crippen LogP contribution in [0.5, 0.6) is 0 Å². The highest BCUT2D eigenvalue weighted by molar-refractivity contribution is 5.71. The minimum Gasteiger partial charge on any atom is -0.481 e. The Kier molecular flexibility index (Phi) is 3.13. The van der Waals surface area contributed by atoms with E-state index in [1.54, 1.807) is 30.3 Å². The maximum Gasteiger partial charge on any atom is 0.307 e. The van der Waals surface area contributed by atoms with Gasteiger partial charge in [-0.25, -0.2) is 8.78 Å². The van der Waals surface area contributed by atoms with E-state index < -0.39 is 23.7 Å². The van der Waals surface area contributed by atoms with Gasteiger partial charge in [0, 0.05) is 18.8 Å². The summed E-state index contributed by atoms with van der Waals surface area (Å²) in [5, 5.41) is 9.10. The molecule has 92 valence electrons. The molecule has 0 amide bonds. The van der Waals surface area contributed by atoms with Gasteiger partial charge in [-0.1, -0.05) is 30.3 Å². The number of rotatable bonds is 2. The monoisotopic (exact) mass is 240 g/mol. The molecule has 2 nitrogen and oxygen atoms in total. The molecule has 1 aromatic rings. The predicted octanol–water partition coefficient (Wildman–Crippen LogP) is 3.29. The first-order valence-corrected chi connectivity index (χ1v) is 5.65. The Labute approximate surface area is 98.3 Å². The van der Waals surface area contributed by atoms with Gasteiger partial charge in [-0.3, -0.25) is 4.79 Å². The Morgan fingerprint density at radius 1 is 1.29 bits per heavy atom. The van der Waals surface area contributed by atoms with Crippen molar-refractivity contribution in [2.24, 2.45) is 5.92 Å². The SMILES string of the molecule is O=C(O)[C@@H]1CCC(F)(F)C[C@H]1c1ccccc1. The van der Waals surface area contributed by atoms with E-state index in [1.165, 1.54) is 0 Å². The second-order valence-electron chi connectivity index (χ2n) is 4.56. The van der Waals surface area contributed by atoms with E-state index in [4.69, 9.17) is 5.11 Å². The largest absolute Gasteiger partial charge is 0.481 e. The van der Waals surface area contributed by atoms with Gasteiger partial charge in [0.25, 0.3) is 0 Å². The van der Waals surface area contributed by atoms with E-state index in [-0.39, 0.29) is 19.3 Å². The molecule has 1 aliphatic rings. The van der Waals surface area contributed by atoms with Crippen molar-refractivity contribution in [3.05, 3.63) is 35.9 Å². The number of benzene rings is 1. The zero-order valence-electron chi connectivity index (χ0n) is 9.27. The normalized spacial score (nSPS) is 27.6. The van der Waals surface area contributed by atoms with Gasteiger partial charge in [0.05, 0.1) is 5.92 Å². The van der Waals surface area contributed by atoms with E-state index in [2.05, 4.69) is 0 Å². The molecule has 1 aliphatic carbocycles. The van der Waals surface area contributed by atoms with Gasteiger partial charge < -0.3 is 5.11 Å². The molecule has 1 aromatic carbocycles. The fourth-order valence-corrected chi connectivity index (χ4v) is 2.48. The van der Waals surface area contributed by atoms with Gasteiger partial charge in [0.15, 0.2) is 0 Å². The number of hydrogen-bond donors (Lipinski definition) is 1. The fourth-order valence-electron chi connectivity index (χ4n) is 2.48. The van der Waals surface area contributed by atoms with Crippen molar-refractivity contribution < 1.29 is 18.7 Å². The summed E-state index contributed by atoms with van der Waals surface area (Å²) in [7, 11) is 0. The first kappa shape index (κ1) is 12.0. The smallest absolute Gasteiger partial charge is 0.307 e. The third kappa shape index (κ3) is 2.62. The third-order valence-electron chi connectivity index (χ3n) is 3.37. The molecule has 1 saturated carbocycles. The molecular formula is C13H14F2O2. The minimum absolute atomic E-state index is 0.0435. The van der Waals surface area contributed by atoms with E-state index in [9.17, 15) is 13.6 Å². The van der Waals surface area contributed by atoms with E-state index >= 15 is 0 Å². The maximum atomic E-state index is 13.4. The quantitative estimate of drug-likeness (QED) is 0.861. The van der Waals surface area contributed by atoms with Gasteiger partial charge in [-0.2, -0.15) is 0 Å². The molecule has 0 radical (unpaired) electrons. The van der Waals surface area contributed by atoms with E-state index in [1.807, 2.05) is 0 Å². The number of hydrogen-bond acceptors (Lipinski definition) is 1. The Morgan fingerprint density at radius 2 is 1.94 bits per heavy atom. The number of carbonyl (C=O) groups is 1. The molecule has 1 N–H and O–H groups in total. The van der Waals surface area contributed by atoms with Crippen LogP contribution in [0.3, 0.4) is 0 Å². The highest BCUT2D eigenvalue weighted by atomic mass is 19.3. The molecule has 0 unspecified atom stereocenters. The fraction of sp³-hybridized carbons (Fsp3) is 0.462. The van der Waals surface area contributed by atoms with E-state index in [0.29, 0.717) is 5.56 Å². The minimum atomic E-state index is -2.74. The lowest BCUT2D eigenvalue weighted by Gasteiger charge is -2.34. The number of carboxylic acids is 1. The van der Waals surface area contributed by atoms with Crippen LogP contribution in [-0.4, -0.2) is 17.0 Å².